The quantitative estimate of drug-likeness (QED) is 0.371. The monoisotopic (exact) mass is 531 g/mol. The molecule has 2 aliphatic heterocycles. The van der Waals surface area contributed by atoms with Gasteiger partial charge >= 0.3 is 12.1 Å². The second-order valence-corrected chi connectivity index (χ2v) is 10.8. The van der Waals surface area contributed by atoms with Gasteiger partial charge in [-0.2, -0.15) is 0 Å². The molecule has 9 heteroatoms. The fourth-order valence-electron chi connectivity index (χ4n) is 4.94. The Morgan fingerprint density at radius 2 is 1.44 bits per heavy atom. The van der Waals surface area contributed by atoms with E-state index in [4.69, 9.17) is 18.9 Å². The number of anilines is 1. The summed E-state index contributed by atoms with van der Waals surface area (Å²) in [5, 5.41) is 0. The maximum atomic E-state index is 12.6. The number of rotatable bonds is 6. The summed E-state index contributed by atoms with van der Waals surface area (Å²) in [4.78, 5) is 33.6. The van der Waals surface area contributed by atoms with Gasteiger partial charge in [0, 0.05) is 38.0 Å². The Bertz CT molecular complexity index is 1310. The average Bonchev–Trinajstić information content (AvgIpc) is 3.49. The molecule has 1 amide bonds. The minimum absolute atomic E-state index is 0.165. The second-order valence-electron chi connectivity index (χ2n) is 10.8. The zero-order valence-electron chi connectivity index (χ0n) is 22.6. The highest BCUT2D eigenvalue weighted by Gasteiger charge is 2.43. The lowest BCUT2D eigenvalue weighted by Crippen LogP contribution is -2.37. The van der Waals surface area contributed by atoms with Gasteiger partial charge < -0.3 is 28.7 Å². The topological polar surface area (TPSA) is 90.4 Å². The molecule has 2 atom stereocenters. The van der Waals surface area contributed by atoms with Gasteiger partial charge in [-0.05, 0) is 63.2 Å². The third-order valence-electron chi connectivity index (χ3n) is 6.76. The number of amides is 1. The highest BCUT2D eigenvalue weighted by atomic mass is 16.6. The Kier molecular flexibility index (Phi) is 7.32. The van der Waals surface area contributed by atoms with Gasteiger partial charge in [0.05, 0.1) is 19.0 Å². The average molecular weight is 532 g/mol. The Morgan fingerprint density at radius 1 is 0.846 bits per heavy atom. The van der Waals surface area contributed by atoms with Crippen LogP contribution in [0.4, 0.5) is 10.5 Å². The lowest BCUT2D eigenvalue weighted by Gasteiger charge is -2.26. The molecular weight excluding hydrogens is 498 g/mol. The number of pyridine rings is 1. The number of methoxy groups -OCH3 is 1. The number of ether oxygens (including phenoxy) is 4. The SMILES string of the molecule is COC(=O)c1cc(N2CC3CN(C(=O)OC(C)(C)C)CC3C2)cnc1Oc1ccc(Oc2ccccc2)cc1. The van der Waals surface area contributed by atoms with Crippen LogP contribution in [0.25, 0.3) is 0 Å². The van der Waals surface area contributed by atoms with E-state index in [1.807, 2.05) is 51.1 Å². The van der Waals surface area contributed by atoms with Crippen molar-refractivity contribution < 1.29 is 28.5 Å². The molecule has 0 bridgehead atoms. The van der Waals surface area contributed by atoms with Crippen LogP contribution in [0, 0.1) is 11.8 Å². The summed E-state index contributed by atoms with van der Waals surface area (Å²) in [7, 11) is 1.33. The fraction of sp³-hybridized carbons (Fsp3) is 0.367. The third kappa shape index (κ3) is 6.25. The van der Waals surface area contributed by atoms with Gasteiger partial charge in [-0.15, -0.1) is 0 Å². The number of fused-ring (bicyclic) bond motifs is 1. The van der Waals surface area contributed by atoms with E-state index in [1.165, 1.54) is 7.11 Å². The summed E-state index contributed by atoms with van der Waals surface area (Å²) >= 11 is 0. The van der Waals surface area contributed by atoms with Crippen LogP contribution in [0.3, 0.4) is 0 Å². The summed E-state index contributed by atoms with van der Waals surface area (Å²) in [6.07, 6.45) is 1.45. The molecule has 9 nitrogen and oxygen atoms in total. The van der Waals surface area contributed by atoms with Crippen molar-refractivity contribution in [3.05, 3.63) is 72.4 Å². The highest BCUT2D eigenvalue weighted by molar-refractivity contribution is 5.93. The molecule has 2 fully saturated rings. The number of hydrogen-bond acceptors (Lipinski definition) is 8. The van der Waals surface area contributed by atoms with Gasteiger partial charge in [0.15, 0.2) is 0 Å². The first-order valence-electron chi connectivity index (χ1n) is 13.0. The number of nitrogens with zero attached hydrogens (tertiary/aromatic N) is 3. The van der Waals surface area contributed by atoms with Crippen molar-refractivity contribution in [3.63, 3.8) is 0 Å². The van der Waals surface area contributed by atoms with Crippen LogP contribution in [0.5, 0.6) is 23.1 Å². The molecule has 0 N–H and O–H groups in total. The van der Waals surface area contributed by atoms with Crippen molar-refractivity contribution in [2.45, 2.75) is 26.4 Å². The number of carbonyl (C=O) groups excluding carboxylic acids is 2. The van der Waals surface area contributed by atoms with Crippen LogP contribution in [0.15, 0.2) is 66.9 Å². The summed E-state index contributed by atoms with van der Waals surface area (Å²) in [5.74, 6) is 2.20. The fourth-order valence-corrected chi connectivity index (χ4v) is 4.94. The lowest BCUT2D eigenvalue weighted by molar-refractivity contribution is 0.0282. The number of carbonyl (C=O) groups is 2. The number of esters is 1. The van der Waals surface area contributed by atoms with Crippen molar-refractivity contribution in [3.8, 4) is 23.1 Å². The maximum absolute atomic E-state index is 12.6. The number of hydrogen-bond donors (Lipinski definition) is 0. The Morgan fingerprint density at radius 3 is 2.03 bits per heavy atom. The molecule has 5 rings (SSSR count). The predicted octanol–water partition coefficient (Wildman–Crippen LogP) is 5.76. The number of para-hydroxylation sites is 1. The van der Waals surface area contributed by atoms with Crippen molar-refractivity contribution in [2.75, 3.05) is 38.2 Å². The molecular formula is C30H33N3O6. The Labute approximate surface area is 228 Å². The number of benzene rings is 2. The van der Waals surface area contributed by atoms with Crippen molar-refractivity contribution >= 4 is 17.7 Å². The van der Waals surface area contributed by atoms with E-state index in [-0.39, 0.29) is 17.5 Å². The molecule has 3 heterocycles. The molecule has 39 heavy (non-hydrogen) atoms. The molecule has 1 aromatic heterocycles. The van der Waals surface area contributed by atoms with E-state index in [1.54, 1.807) is 41.4 Å². The standard InChI is InChI=1S/C30H33N3O6/c1-30(2,3)39-29(35)33-18-20-16-32(17-21(20)19-33)22-14-26(28(34)36-4)27(31-15-22)38-25-12-10-24(11-13-25)37-23-8-6-5-7-9-23/h5-15,20-21H,16-19H2,1-4H3. The molecule has 2 aliphatic rings. The first-order chi connectivity index (χ1) is 18.7. The summed E-state index contributed by atoms with van der Waals surface area (Å²) in [6.45, 7) is 8.44. The van der Waals surface area contributed by atoms with E-state index < -0.39 is 11.6 Å². The van der Waals surface area contributed by atoms with Crippen LogP contribution in [0.1, 0.15) is 31.1 Å². The first-order valence-corrected chi connectivity index (χ1v) is 13.0. The van der Waals surface area contributed by atoms with Gasteiger partial charge in [0.1, 0.15) is 28.4 Å². The minimum atomic E-state index is -0.529. The van der Waals surface area contributed by atoms with Gasteiger partial charge in [-0.25, -0.2) is 14.6 Å². The zero-order valence-corrected chi connectivity index (χ0v) is 22.6. The summed E-state index contributed by atoms with van der Waals surface area (Å²) in [5.41, 5.74) is 0.540. The van der Waals surface area contributed by atoms with Gasteiger partial charge in [0.25, 0.3) is 0 Å². The summed E-state index contributed by atoms with van der Waals surface area (Å²) < 4.78 is 22.4. The molecule has 0 aliphatic carbocycles. The smallest absolute Gasteiger partial charge is 0.410 e. The van der Waals surface area contributed by atoms with Crippen LogP contribution in [-0.4, -0.2) is 60.8 Å². The van der Waals surface area contributed by atoms with E-state index in [0.29, 0.717) is 36.4 Å². The van der Waals surface area contributed by atoms with Gasteiger partial charge in [-0.3, -0.25) is 0 Å². The van der Waals surface area contributed by atoms with E-state index in [2.05, 4.69) is 9.88 Å². The highest BCUT2D eigenvalue weighted by Crippen LogP contribution is 2.36. The molecule has 2 unspecified atom stereocenters. The van der Waals surface area contributed by atoms with E-state index >= 15 is 0 Å². The number of likely N-dealkylation sites (tertiary alicyclic amines) is 1. The Hall–Kier alpha value is -4.27. The summed E-state index contributed by atoms with van der Waals surface area (Å²) in [6, 6.07) is 18.3. The second kappa shape index (κ2) is 10.8. The van der Waals surface area contributed by atoms with Crippen molar-refractivity contribution in [1.82, 2.24) is 9.88 Å². The van der Waals surface area contributed by atoms with Gasteiger partial charge in [0.2, 0.25) is 5.88 Å². The first kappa shape index (κ1) is 26.3. The Balaban J connectivity index is 1.25. The molecule has 0 radical (unpaired) electrons. The van der Waals surface area contributed by atoms with Crippen molar-refractivity contribution in [2.24, 2.45) is 11.8 Å². The van der Waals surface area contributed by atoms with Crippen LogP contribution < -0.4 is 14.4 Å². The molecule has 2 saturated heterocycles. The maximum Gasteiger partial charge on any atom is 0.410 e. The largest absolute Gasteiger partial charge is 0.465 e. The van der Waals surface area contributed by atoms with Gasteiger partial charge in [-0.1, -0.05) is 18.2 Å². The van der Waals surface area contributed by atoms with Crippen LogP contribution in [-0.2, 0) is 9.47 Å². The number of aromatic nitrogens is 1. The molecule has 0 saturated carbocycles. The minimum Gasteiger partial charge on any atom is -0.465 e. The predicted molar refractivity (Wildman–Crippen MR) is 146 cm³/mol. The normalized spacial score (nSPS) is 18.5. The van der Waals surface area contributed by atoms with E-state index in [9.17, 15) is 9.59 Å². The molecule has 3 aromatic rings. The van der Waals surface area contributed by atoms with E-state index in [0.717, 1.165) is 24.5 Å². The van der Waals surface area contributed by atoms with Crippen molar-refractivity contribution in [1.29, 1.82) is 0 Å². The third-order valence-corrected chi connectivity index (χ3v) is 6.76. The zero-order chi connectivity index (χ0) is 27.6. The molecule has 0 spiro atoms. The molecule has 2 aromatic carbocycles. The molecule has 204 valence electrons. The van der Waals surface area contributed by atoms with Crippen LogP contribution in [0.2, 0.25) is 0 Å². The lowest BCUT2D eigenvalue weighted by atomic mass is 10.0. The van der Waals surface area contributed by atoms with Crippen LogP contribution >= 0.6 is 0 Å².